The van der Waals surface area contributed by atoms with Crippen molar-refractivity contribution in [1.29, 1.82) is 0 Å². The number of nitrogens with one attached hydrogen (secondary N) is 3. The average molecular weight is 307 g/mol. The molecule has 0 bridgehead atoms. The Morgan fingerprint density at radius 2 is 2.00 bits per heavy atom. The molecule has 3 N–H and O–H groups in total. The van der Waals surface area contributed by atoms with Crippen LogP contribution in [0.3, 0.4) is 0 Å². The Labute approximate surface area is 130 Å². The van der Waals surface area contributed by atoms with Crippen LogP contribution < -0.4 is 11.1 Å². The van der Waals surface area contributed by atoms with Crippen LogP contribution in [-0.4, -0.2) is 15.9 Å². The molecule has 114 valence electrons. The van der Waals surface area contributed by atoms with E-state index in [1.807, 2.05) is 30.5 Å². The van der Waals surface area contributed by atoms with Crippen LogP contribution >= 0.6 is 0 Å². The summed E-state index contributed by atoms with van der Waals surface area (Å²) in [5.41, 5.74) is 3.55. The zero-order chi connectivity index (χ0) is 15.8. The molecule has 0 aliphatic heterocycles. The third kappa shape index (κ3) is 2.50. The molecule has 0 saturated carbocycles. The molecule has 1 amide bonds. The van der Waals surface area contributed by atoms with E-state index < -0.39 is 5.76 Å². The van der Waals surface area contributed by atoms with Crippen LogP contribution in [0.2, 0.25) is 0 Å². The summed E-state index contributed by atoms with van der Waals surface area (Å²) < 4.78 is 4.99. The van der Waals surface area contributed by atoms with E-state index in [9.17, 15) is 9.59 Å². The van der Waals surface area contributed by atoms with Crippen LogP contribution in [-0.2, 0) is 11.2 Å². The van der Waals surface area contributed by atoms with Crippen molar-refractivity contribution in [1.82, 2.24) is 9.97 Å². The van der Waals surface area contributed by atoms with Crippen LogP contribution in [0, 0.1) is 0 Å². The minimum absolute atomic E-state index is 0.132. The first-order valence-electron chi connectivity index (χ1n) is 7.17. The second kappa shape index (κ2) is 5.17. The summed E-state index contributed by atoms with van der Waals surface area (Å²) in [6.07, 6.45) is 2.11. The number of hydrogen-bond acceptors (Lipinski definition) is 3. The molecule has 4 rings (SSSR count). The molecule has 0 aliphatic rings. The van der Waals surface area contributed by atoms with Gasteiger partial charge in [-0.15, -0.1) is 0 Å². The number of hydrogen-bond donors (Lipinski definition) is 3. The van der Waals surface area contributed by atoms with Gasteiger partial charge in [0.25, 0.3) is 0 Å². The van der Waals surface area contributed by atoms with Gasteiger partial charge in [-0.3, -0.25) is 9.78 Å². The lowest BCUT2D eigenvalue weighted by Gasteiger charge is -2.04. The number of benzene rings is 2. The number of rotatable bonds is 3. The Hall–Kier alpha value is -3.28. The van der Waals surface area contributed by atoms with Crippen molar-refractivity contribution in [3.05, 3.63) is 64.8 Å². The predicted octanol–water partition coefficient (Wildman–Crippen LogP) is 2.78. The highest BCUT2D eigenvalue weighted by atomic mass is 16.4. The van der Waals surface area contributed by atoms with Crippen molar-refractivity contribution < 1.29 is 9.21 Å². The maximum Gasteiger partial charge on any atom is 0.417 e. The summed E-state index contributed by atoms with van der Waals surface area (Å²) in [6, 6.07) is 12.9. The fraction of sp³-hybridized carbons (Fsp3) is 0.0588. The van der Waals surface area contributed by atoms with Crippen molar-refractivity contribution in [2.24, 2.45) is 0 Å². The summed E-state index contributed by atoms with van der Waals surface area (Å²) in [6.45, 7) is 0. The Balaban J connectivity index is 1.55. The number of H-pyrrole nitrogens is 2. The third-order valence-corrected chi connectivity index (χ3v) is 3.73. The predicted molar refractivity (Wildman–Crippen MR) is 87.5 cm³/mol. The van der Waals surface area contributed by atoms with E-state index in [0.29, 0.717) is 16.8 Å². The standard InChI is InChI=1S/C17H13N3O3/c21-16(7-10-9-18-13-4-2-1-3-12(10)13)19-11-5-6-14-15(8-11)23-17(22)20-14/h1-6,8-9,18H,7H2,(H,19,21)(H,20,22). The van der Waals surface area contributed by atoms with Gasteiger partial charge in [-0.25, -0.2) is 4.79 Å². The molecular formula is C17H13N3O3. The number of para-hydroxylation sites is 1. The maximum absolute atomic E-state index is 12.2. The van der Waals surface area contributed by atoms with Gasteiger partial charge in [-0.1, -0.05) is 18.2 Å². The van der Waals surface area contributed by atoms with Crippen LogP contribution in [0.15, 0.2) is 57.9 Å². The van der Waals surface area contributed by atoms with Crippen LogP contribution in [0.5, 0.6) is 0 Å². The molecule has 0 aliphatic carbocycles. The number of aromatic amines is 2. The Morgan fingerprint density at radius 3 is 2.91 bits per heavy atom. The first-order valence-corrected chi connectivity index (χ1v) is 7.17. The molecule has 6 heteroatoms. The maximum atomic E-state index is 12.2. The lowest BCUT2D eigenvalue weighted by Crippen LogP contribution is -2.14. The largest absolute Gasteiger partial charge is 0.417 e. The normalized spacial score (nSPS) is 11.1. The molecule has 2 heterocycles. The monoisotopic (exact) mass is 307 g/mol. The first kappa shape index (κ1) is 13.4. The second-order valence-corrected chi connectivity index (χ2v) is 5.31. The second-order valence-electron chi connectivity index (χ2n) is 5.31. The van der Waals surface area contributed by atoms with Crippen LogP contribution in [0.25, 0.3) is 22.0 Å². The fourth-order valence-electron chi connectivity index (χ4n) is 2.68. The van der Waals surface area contributed by atoms with Gasteiger partial charge in [0.1, 0.15) is 0 Å². The smallest absolute Gasteiger partial charge is 0.408 e. The van der Waals surface area contributed by atoms with E-state index in [2.05, 4.69) is 15.3 Å². The lowest BCUT2D eigenvalue weighted by molar-refractivity contribution is -0.115. The number of carbonyl (C=O) groups is 1. The SMILES string of the molecule is O=C(Cc1c[nH]c2ccccc12)Nc1ccc2[nH]c(=O)oc2c1. The van der Waals surface area contributed by atoms with Gasteiger partial charge in [0, 0.05) is 28.9 Å². The van der Waals surface area contributed by atoms with Crippen LogP contribution in [0.1, 0.15) is 5.56 Å². The summed E-state index contributed by atoms with van der Waals surface area (Å²) in [7, 11) is 0. The molecular weight excluding hydrogens is 294 g/mol. The lowest BCUT2D eigenvalue weighted by atomic mass is 10.1. The summed E-state index contributed by atoms with van der Waals surface area (Å²) in [5.74, 6) is -0.644. The Kier molecular flexibility index (Phi) is 3.01. The molecule has 0 atom stereocenters. The number of carbonyl (C=O) groups excluding carboxylic acids is 1. The van der Waals surface area contributed by atoms with E-state index in [-0.39, 0.29) is 12.3 Å². The topological polar surface area (TPSA) is 90.9 Å². The highest BCUT2D eigenvalue weighted by Gasteiger charge is 2.10. The molecule has 0 unspecified atom stereocenters. The van der Waals surface area contributed by atoms with Gasteiger partial charge in [0.15, 0.2) is 5.58 Å². The molecule has 23 heavy (non-hydrogen) atoms. The van der Waals surface area contributed by atoms with E-state index in [0.717, 1.165) is 16.5 Å². The highest BCUT2D eigenvalue weighted by molar-refractivity contribution is 5.96. The van der Waals surface area contributed by atoms with Crippen molar-refractivity contribution in [3.63, 3.8) is 0 Å². The zero-order valence-corrected chi connectivity index (χ0v) is 12.1. The quantitative estimate of drug-likeness (QED) is 0.543. The van der Waals surface area contributed by atoms with Gasteiger partial charge in [-0.05, 0) is 23.8 Å². The van der Waals surface area contributed by atoms with Gasteiger partial charge < -0.3 is 14.7 Å². The highest BCUT2D eigenvalue weighted by Crippen LogP contribution is 2.20. The van der Waals surface area contributed by atoms with E-state index in [4.69, 9.17) is 4.42 Å². The van der Waals surface area contributed by atoms with E-state index in [1.165, 1.54) is 0 Å². The van der Waals surface area contributed by atoms with Gasteiger partial charge >= 0.3 is 5.76 Å². The number of fused-ring (bicyclic) bond motifs is 2. The molecule has 0 radical (unpaired) electrons. The van der Waals surface area contributed by atoms with Crippen molar-refractivity contribution in [2.75, 3.05) is 5.32 Å². The fourth-order valence-corrected chi connectivity index (χ4v) is 2.68. The van der Waals surface area contributed by atoms with E-state index >= 15 is 0 Å². The molecule has 2 aromatic carbocycles. The molecule has 6 nitrogen and oxygen atoms in total. The van der Waals surface area contributed by atoms with Gasteiger partial charge in [0.05, 0.1) is 11.9 Å². The summed E-state index contributed by atoms with van der Waals surface area (Å²) in [4.78, 5) is 29.1. The van der Waals surface area contributed by atoms with Crippen LogP contribution in [0.4, 0.5) is 5.69 Å². The number of anilines is 1. The summed E-state index contributed by atoms with van der Waals surface area (Å²) >= 11 is 0. The number of aromatic nitrogens is 2. The first-order chi connectivity index (χ1) is 11.2. The van der Waals surface area contributed by atoms with Crippen molar-refractivity contribution >= 4 is 33.6 Å². The number of amides is 1. The molecule has 0 fully saturated rings. The molecule has 4 aromatic rings. The van der Waals surface area contributed by atoms with Gasteiger partial charge in [-0.2, -0.15) is 0 Å². The van der Waals surface area contributed by atoms with E-state index in [1.54, 1.807) is 18.2 Å². The van der Waals surface area contributed by atoms with Crippen molar-refractivity contribution in [3.8, 4) is 0 Å². The minimum atomic E-state index is -0.512. The van der Waals surface area contributed by atoms with Gasteiger partial charge in [0.2, 0.25) is 5.91 Å². The summed E-state index contributed by atoms with van der Waals surface area (Å²) in [5, 5.41) is 3.85. The molecule has 0 spiro atoms. The zero-order valence-electron chi connectivity index (χ0n) is 12.1. The van der Waals surface area contributed by atoms with Crippen molar-refractivity contribution in [2.45, 2.75) is 6.42 Å². The molecule has 0 saturated heterocycles. The average Bonchev–Trinajstić information content (AvgIpc) is 3.10. The third-order valence-electron chi connectivity index (χ3n) is 3.73. The Bertz CT molecular complexity index is 1070. The minimum Gasteiger partial charge on any atom is -0.408 e. The Morgan fingerprint density at radius 1 is 1.13 bits per heavy atom. The number of oxazole rings is 1. The molecule has 2 aromatic heterocycles.